The predicted molar refractivity (Wildman–Crippen MR) is 67.0 cm³/mol. The number of hydrogen-bond donors (Lipinski definition) is 1. The number of nitrogens with zero attached hydrogens (tertiary/aromatic N) is 1. The van der Waals surface area contributed by atoms with Crippen LogP contribution in [0.4, 0.5) is 8.78 Å². The minimum absolute atomic E-state index is 0.146. The summed E-state index contributed by atoms with van der Waals surface area (Å²) in [5, 5.41) is 19.8. The van der Waals surface area contributed by atoms with E-state index < -0.39 is 23.2 Å². The Labute approximate surface area is 111 Å². The molecule has 3 unspecified atom stereocenters. The van der Waals surface area contributed by atoms with Gasteiger partial charge in [-0.1, -0.05) is 19.8 Å². The van der Waals surface area contributed by atoms with Crippen LogP contribution in [0.3, 0.4) is 0 Å². The summed E-state index contributed by atoms with van der Waals surface area (Å²) in [6.45, 7) is 2.03. The van der Waals surface area contributed by atoms with Gasteiger partial charge in [-0.05, 0) is 36.5 Å². The third kappa shape index (κ3) is 2.76. The van der Waals surface area contributed by atoms with Gasteiger partial charge in [0.05, 0.1) is 17.6 Å². The summed E-state index contributed by atoms with van der Waals surface area (Å²) in [7, 11) is 0. The van der Waals surface area contributed by atoms with E-state index in [4.69, 9.17) is 0 Å². The highest BCUT2D eigenvalue weighted by Crippen LogP contribution is 2.47. The molecule has 2 nitrogen and oxygen atoms in total. The zero-order chi connectivity index (χ0) is 14.0. The van der Waals surface area contributed by atoms with Crippen LogP contribution in [0.2, 0.25) is 0 Å². The average molecular weight is 265 g/mol. The molecule has 19 heavy (non-hydrogen) atoms. The highest BCUT2D eigenvalue weighted by atomic mass is 19.1. The van der Waals surface area contributed by atoms with Gasteiger partial charge in [0.25, 0.3) is 0 Å². The molecule has 4 heteroatoms. The summed E-state index contributed by atoms with van der Waals surface area (Å²) in [4.78, 5) is 0. The normalized spacial score (nSPS) is 28.7. The third-order valence-corrected chi connectivity index (χ3v) is 3.98. The fraction of sp³-hybridized carbons (Fsp3) is 0.533. The highest BCUT2D eigenvalue weighted by molar-refractivity contribution is 5.25. The lowest BCUT2D eigenvalue weighted by Crippen LogP contribution is -2.33. The topological polar surface area (TPSA) is 44.0 Å². The number of aliphatic hydroxyl groups excluding tert-OH is 1. The number of aliphatic hydroxyl groups is 1. The van der Waals surface area contributed by atoms with Crippen molar-refractivity contribution in [1.82, 2.24) is 0 Å². The summed E-state index contributed by atoms with van der Waals surface area (Å²) in [6.07, 6.45) is 1.85. The van der Waals surface area contributed by atoms with Crippen molar-refractivity contribution in [3.8, 4) is 6.07 Å². The van der Waals surface area contributed by atoms with Gasteiger partial charge in [0.2, 0.25) is 0 Å². The number of halogens is 2. The van der Waals surface area contributed by atoms with E-state index in [-0.39, 0.29) is 5.56 Å². The van der Waals surface area contributed by atoms with Crippen molar-refractivity contribution < 1.29 is 13.9 Å². The first-order valence-corrected chi connectivity index (χ1v) is 6.52. The van der Waals surface area contributed by atoms with Gasteiger partial charge < -0.3 is 5.11 Å². The molecule has 3 atom stereocenters. The molecule has 0 aliphatic heterocycles. The van der Waals surface area contributed by atoms with E-state index in [2.05, 4.69) is 6.07 Å². The van der Waals surface area contributed by atoms with Crippen LogP contribution in [-0.4, -0.2) is 5.11 Å². The molecule has 0 aromatic heterocycles. The summed E-state index contributed by atoms with van der Waals surface area (Å²) in [6, 6.07) is 5.16. The number of nitriles is 1. The molecule has 0 bridgehead atoms. The van der Waals surface area contributed by atoms with Crippen molar-refractivity contribution in [3.63, 3.8) is 0 Å². The summed E-state index contributed by atoms with van der Waals surface area (Å²) < 4.78 is 26.5. The van der Waals surface area contributed by atoms with Crippen LogP contribution in [0.1, 0.15) is 44.3 Å². The Morgan fingerprint density at radius 3 is 2.53 bits per heavy atom. The first-order valence-electron chi connectivity index (χ1n) is 6.52. The van der Waals surface area contributed by atoms with Crippen LogP contribution in [0.5, 0.6) is 0 Å². The molecule has 1 aliphatic rings. The van der Waals surface area contributed by atoms with Gasteiger partial charge in [-0.2, -0.15) is 5.26 Å². The Hall–Kier alpha value is -1.47. The van der Waals surface area contributed by atoms with Crippen molar-refractivity contribution in [2.45, 2.75) is 38.7 Å². The van der Waals surface area contributed by atoms with Gasteiger partial charge in [-0.25, -0.2) is 8.78 Å². The minimum Gasteiger partial charge on any atom is -0.387 e. The lowest BCUT2D eigenvalue weighted by atomic mass is 9.66. The molecule has 102 valence electrons. The van der Waals surface area contributed by atoms with Crippen molar-refractivity contribution >= 4 is 0 Å². The zero-order valence-corrected chi connectivity index (χ0v) is 10.9. The molecule has 0 saturated heterocycles. The molecule has 1 fully saturated rings. The van der Waals surface area contributed by atoms with E-state index in [9.17, 15) is 19.1 Å². The van der Waals surface area contributed by atoms with Crippen LogP contribution in [-0.2, 0) is 0 Å². The first kappa shape index (κ1) is 14.0. The molecular formula is C15H17F2NO. The van der Waals surface area contributed by atoms with Crippen molar-refractivity contribution in [2.24, 2.45) is 11.3 Å². The molecule has 1 saturated carbocycles. The molecule has 0 heterocycles. The molecule has 1 aromatic carbocycles. The first-order chi connectivity index (χ1) is 8.97. The quantitative estimate of drug-likeness (QED) is 0.885. The van der Waals surface area contributed by atoms with Gasteiger partial charge in [-0.15, -0.1) is 0 Å². The lowest BCUT2D eigenvalue weighted by Gasteiger charge is -2.38. The highest BCUT2D eigenvalue weighted by Gasteiger charge is 2.42. The molecule has 1 aliphatic carbocycles. The van der Waals surface area contributed by atoms with Crippen LogP contribution in [0.25, 0.3) is 0 Å². The second-order valence-corrected chi connectivity index (χ2v) is 5.57. The second-order valence-electron chi connectivity index (χ2n) is 5.57. The van der Waals surface area contributed by atoms with Gasteiger partial charge in [-0.3, -0.25) is 0 Å². The molecule has 1 aromatic rings. The van der Waals surface area contributed by atoms with Crippen LogP contribution in [0.15, 0.2) is 18.2 Å². The fourth-order valence-electron chi connectivity index (χ4n) is 3.06. The zero-order valence-electron chi connectivity index (χ0n) is 10.9. The Bertz CT molecular complexity index is 491. The van der Waals surface area contributed by atoms with Gasteiger partial charge in [0.15, 0.2) is 0 Å². The minimum atomic E-state index is -1.15. The Balaban J connectivity index is 2.35. The van der Waals surface area contributed by atoms with Crippen LogP contribution in [0, 0.1) is 34.3 Å². The van der Waals surface area contributed by atoms with Gasteiger partial charge in [0.1, 0.15) is 11.6 Å². The SMILES string of the molecule is CC1CCCC(C#N)(C(O)c2cc(F)cc(F)c2)C1. The number of benzene rings is 1. The molecule has 0 spiro atoms. The van der Waals surface area contributed by atoms with E-state index in [1.165, 1.54) is 0 Å². The van der Waals surface area contributed by atoms with Crippen LogP contribution >= 0.6 is 0 Å². The molecule has 0 amide bonds. The van der Waals surface area contributed by atoms with Gasteiger partial charge in [0, 0.05) is 6.07 Å². The largest absolute Gasteiger partial charge is 0.387 e. The van der Waals surface area contributed by atoms with Crippen molar-refractivity contribution in [2.75, 3.05) is 0 Å². The maximum absolute atomic E-state index is 13.2. The van der Waals surface area contributed by atoms with Gasteiger partial charge >= 0.3 is 0 Å². The maximum Gasteiger partial charge on any atom is 0.126 e. The molecule has 1 N–H and O–H groups in total. The summed E-state index contributed by atoms with van der Waals surface area (Å²) >= 11 is 0. The molecule has 0 radical (unpaired) electrons. The molecule has 2 rings (SSSR count). The third-order valence-electron chi connectivity index (χ3n) is 3.98. The molecular weight excluding hydrogens is 248 g/mol. The second kappa shape index (κ2) is 5.26. The van der Waals surface area contributed by atoms with E-state index in [0.29, 0.717) is 18.8 Å². The monoisotopic (exact) mass is 265 g/mol. The number of rotatable bonds is 2. The van der Waals surface area contributed by atoms with Crippen LogP contribution < -0.4 is 0 Å². The van der Waals surface area contributed by atoms with Crippen molar-refractivity contribution in [3.05, 3.63) is 35.4 Å². The number of hydrogen-bond acceptors (Lipinski definition) is 2. The Morgan fingerprint density at radius 1 is 1.37 bits per heavy atom. The summed E-state index contributed by atoms with van der Waals surface area (Å²) in [5.41, 5.74) is -0.786. The smallest absolute Gasteiger partial charge is 0.126 e. The maximum atomic E-state index is 13.2. The predicted octanol–water partition coefficient (Wildman–Crippen LogP) is 3.72. The Morgan fingerprint density at radius 2 is 2.00 bits per heavy atom. The van der Waals surface area contributed by atoms with E-state index in [1.807, 2.05) is 6.92 Å². The Kier molecular flexibility index (Phi) is 3.86. The average Bonchev–Trinajstić information content (AvgIpc) is 2.36. The van der Waals surface area contributed by atoms with E-state index in [1.54, 1.807) is 0 Å². The van der Waals surface area contributed by atoms with Crippen molar-refractivity contribution in [1.29, 1.82) is 5.26 Å². The standard InChI is InChI=1S/C15H17F2NO/c1-10-3-2-4-15(8-10,9-18)14(19)11-5-12(16)7-13(17)6-11/h5-7,10,14,19H,2-4,8H2,1H3. The van der Waals surface area contributed by atoms with E-state index in [0.717, 1.165) is 31.0 Å². The summed E-state index contributed by atoms with van der Waals surface area (Å²) in [5.74, 6) is -1.13. The lowest BCUT2D eigenvalue weighted by molar-refractivity contribution is 0.0215. The van der Waals surface area contributed by atoms with E-state index >= 15 is 0 Å². The fourth-order valence-corrected chi connectivity index (χ4v) is 3.06.